The number of carbonyl (C=O) groups is 1. The van der Waals surface area contributed by atoms with Crippen LogP contribution in [0.3, 0.4) is 0 Å². The van der Waals surface area contributed by atoms with Gasteiger partial charge in [0.1, 0.15) is 12.4 Å². The van der Waals surface area contributed by atoms with E-state index in [0.29, 0.717) is 18.7 Å². The first-order valence-corrected chi connectivity index (χ1v) is 11.3. The first-order chi connectivity index (χ1) is 16.3. The molecule has 4 heteroatoms. The Morgan fingerprint density at radius 1 is 0.788 bits per heavy atom. The summed E-state index contributed by atoms with van der Waals surface area (Å²) < 4.78 is 6.08. The monoisotopic (exact) mass is 436 g/mol. The minimum Gasteiger partial charge on any atom is -0.489 e. The molecule has 33 heavy (non-hydrogen) atoms. The van der Waals surface area contributed by atoms with Crippen LogP contribution in [0.2, 0.25) is 0 Å². The number of benzene rings is 3. The topological polar surface area (TPSA) is 51.2 Å². The number of aryl methyl sites for hydroxylation is 2. The molecule has 0 fully saturated rings. The van der Waals surface area contributed by atoms with E-state index in [0.717, 1.165) is 41.8 Å². The largest absolute Gasteiger partial charge is 0.489 e. The van der Waals surface area contributed by atoms with Gasteiger partial charge in [0, 0.05) is 11.8 Å². The number of hydrogen-bond donors (Lipinski definition) is 1. The Bertz CT molecular complexity index is 1160. The molecule has 4 nitrogen and oxygen atoms in total. The number of para-hydroxylation sites is 1. The quantitative estimate of drug-likeness (QED) is 0.344. The van der Waals surface area contributed by atoms with Gasteiger partial charge in [-0.2, -0.15) is 0 Å². The Morgan fingerprint density at radius 2 is 1.58 bits per heavy atom. The summed E-state index contributed by atoms with van der Waals surface area (Å²) >= 11 is 0. The smallest absolute Gasteiger partial charge is 0.251 e. The van der Waals surface area contributed by atoms with Crippen molar-refractivity contribution in [3.05, 3.63) is 131 Å². The van der Waals surface area contributed by atoms with Gasteiger partial charge in [-0.3, -0.25) is 9.78 Å². The van der Waals surface area contributed by atoms with Gasteiger partial charge in [-0.1, -0.05) is 66.7 Å². The summed E-state index contributed by atoms with van der Waals surface area (Å²) in [5.41, 5.74) is 5.04. The van der Waals surface area contributed by atoms with Crippen LogP contribution in [-0.4, -0.2) is 10.9 Å². The van der Waals surface area contributed by atoms with Crippen molar-refractivity contribution in [3.8, 4) is 5.75 Å². The lowest BCUT2D eigenvalue weighted by molar-refractivity contribution is 0.0950. The summed E-state index contributed by atoms with van der Waals surface area (Å²) in [5, 5.41) is 2.94. The maximum absolute atomic E-state index is 12.5. The van der Waals surface area contributed by atoms with E-state index >= 15 is 0 Å². The highest BCUT2D eigenvalue weighted by molar-refractivity contribution is 5.94. The third-order valence-corrected chi connectivity index (χ3v) is 5.47. The van der Waals surface area contributed by atoms with Crippen LogP contribution in [0, 0.1) is 0 Å². The van der Waals surface area contributed by atoms with Crippen molar-refractivity contribution in [2.45, 2.75) is 32.4 Å². The molecule has 0 spiro atoms. The van der Waals surface area contributed by atoms with Crippen LogP contribution < -0.4 is 10.1 Å². The molecule has 0 radical (unpaired) electrons. The fourth-order valence-corrected chi connectivity index (χ4v) is 3.71. The second-order valence-electron chi connectivity index (χ2n) is 7.94. The molecule has 0 unspecified atom stereocenters. The van der Waals surface area contributed by atoms with Gasteiger partial charge in [0.15, 0.2) is 0 Å². The molecule has 1 aromatic heterocycles. The van der Waals surface area contributed by atoms with E-state index in [-0.39, 0.29) is 5.91 Å². The number of rotatable bonds is 10. The fourth-order valence-electron chi connectivity index (χ4n) is 3.71. The maximum Gasteiger partial charge on any atom is 0.251 e. The lowest BCUT2D eigenvalue weighted by Gasteiger charge is -2.12. The molecule has 0 aliphatic heterocycles. The zero-order chi connectivity index (χ0) is 22.7. The molecule has 0 bridgehead atoms. The van der Waals surface area contributed by atoms with Crippen molar-refractivity contribution in [1.82, 2.24) is 10.3 Å². The van der Waals surface area contributed by atoms with Gasteiger partial charge < -0.3 is 10.1 Å². The average Bonchev–Trinajstić information content (AvgIpc) is 2.88. The van der Waals surface area contributed by atoms with Crippen LogP contribution >= 0.6 is 0 Å². The SMILES string of the molecule is O=C(NCc1ccccn1)c1cccc(CCCc2ccccc2OCc2ccccc2)c1. The molecule has 0 atom stereocenters. The van der Waals surface area contributed by atoms with Gasteiger partial charge >= 0.3 is 0 Å². The zero-order valence-electron chi connectivity index (χ0n) is 18.6. The molecular weight excluding hydrogens is 408 g/mol. The first-order valence-electron chi connectivity index (χ1n) is 11.3. The lowest BCUT2D eigenvalue weighted by Crippen LogP contribution is -2.23. The Kier molecular flexibility index (Phi) is 7.85. The number of ether oxygens (including phenoxy) is 1. The first kappa shape index (κ1) is 22.3. The molecule has 166 valence electrons. The Balaban J connectivity index is 1.30. The van der Waals surface area contributed by atoms with E-state index < -0.39 is 0 Å². The van der Waals surface area contributed by atoms with Crippen molar-refractivity contribution < 1.29 is 9.53 Å². The van der Waals surface area contributed by atoms with Gasteiger partial charge in [-0.25, -0.2) is 0 Å². The van der Waals surface area contributed by atoms with Crippen molar-refractivity contribution in [3.63, 3.8) is 0 Å². The normalized spacial score (nSPS) is 10.5. The Labute approximate surface area is 195 Å². The maximum atomic E-state index is 12.5. The number of carbonyl (C=O) groups excluding carboxylic acids is 1. The molecular formula is C29H28N2O2. The standard InChI is InChI=1S/C29H28N2O2/c32-29(31-21-27-17-6-7-19-30-27)26-16-9-13-23(20-26)12-8-15-25-14-4-5-18-28(25)33-22-24-10-2-1-3-11-24/h1-7,9-11,13-14,16-20H,8,12,15,21-22H2,(H,31,32). The molecule has 4 rings (SSSR count). The second kappa shape index (κ2) is 11.6. The van der Waals surface area contributed by atoms with Gasteiger partial charge in [0.05, 0.1) is 12.2 Å². The molecule has 1 N–H and O–H groups in total. The van der Waals surface area contributed by atoms with Crippen LogP contribution in [0.15, 0.2) is 103 Å². The van der Waals surface area contributed by atoms with E-state index in [9.17, 15) is 4.79 Å². The molecule has 3 aromatic carbocycles. The number of aromatic nitrogens is 1. The van der Waals surface area contributed by atoms with Crippen LogP contribution in [0.5, 0.6) is 5.75 Å². The summed E-state index contributed by atoms with van der Waals surface area (Å²) in [6, 6.07) is 32.0. The minimum atomic E-state index is -0.0813. The van der Waals surface area contributed by atoms with Gasteiger partial charge in [-0.05, 0) is 66.3 Å². The summed E-state index contributed by atoms with van der Waals surface area (Å²) in [5.74, 6) is 0.853. The highest BCUT2D eigenvalue weighted by Gasteiger charge is 2.08. The van der Waals surface area contributed by atoms with Crippen LogP contribution in [-0.2, 0) is 26.0 Å². The third-order valence-electron chi connectivity index (χ3n) is 5.47. The van der Waals surface area contributed by atoms with Gasteiger partial charge in [-0.15, -0.1) is 0 Å². The van der Waals surface area contributed by atoms with E-state index in [1.165, 1.54) is 5.56 Å². The lowest BCUT2D eigenvalue weighted by atomic mass is 10.0. The number of nitrogens with one attached hydrogen (secondary N) is 1. The minimum absolute atomic E-state index is 0.0813. The average molecular weight is 437 g/mol. The molecule has 0 saturated heterocycles. The molecule has 0 aliphatic rings. The predicted molar refractivity (Wildman–Crippen MR) is 131 cm³/mol. The second-order valence-corrected chi connectivity index (χ2v) is 7.94. The predicted octanol–water partition coefficient (Wildman–Crippen LogP) is 5.77. The fraction of sp³-hybridized carbons (Fsp3) is 0.172. The molecule has 4 aromatic rings. The number of pyridine rings is 1. The number of nitrogens with zero attached hydrogens (tertiary/aromatic N) is 1. The van der Waals surface area contributed by atoms with E-state index in [4.69, 9.17) is 4.74 Å². The summed E-state index contributed by atoms with van der Waals surface area (Å²) in [4.78, 5) is 16.8. The summed E-state index contributed by atoms with van der Waals surface area (Å²) in [7, 11) is 0. The molecule has 1 amide bonds. The number of amides is 1. The summed E-state index contributed by atoms with van der Waals surface area (Å²) in [6.07, 6.45) is 4.52. The highest BCUT2D eigenvalue weighted by Crippen LogP contribution is 2.22. The van der Waals surface area contributed by atoms with Crippen LogP contribution in [0.1, 0.15) is 39.2 Å². The summed E-state index contributed by atoms with van der Waals surface area (Å²) in [6.45, 7) is 0.983. The molecule has 0 aliphatic carbocycles. The van der Waals surface area contributed by atoms with Gasteiger partial charge in [0.2, 0.25) is 0 Å². The highest BCUT2D eigenvalue weighted by atomic mass is 16.5. The van der Waals surface area contributed by atoms with Crippen molar-refractivity contribution in [2.75, 3.05) is 0 Å². The van der Waals surface area contributed by atoms with Gasteiger partial charge in [0.25, 0.3) is 5.91 Å². The van der Waals surface area contributed by atoms with E-state index in [1.54, 1.807) is 6.20 Å². The van der Waals surface area contributed by atoms with E-state index in [1.807, 2.05) is 66.7 Å². The Morgan fingerprint density at radius 3 is 2.42 bits per heavy atom. The van der Waals surface area contributed by atoms with Crippen LogP contribution in [0.25, 0.3) is 0 Å². The van der Waals surface area contributed by atoms with Crippen molar-refractivity contribution in [1.29, 1.82) is 0 Å². The Hall–Kier alpha value is -3.92. The zero-order valence-corrected chi connectivity index (χ0v) is 18.6. The number of hydrogen-bond acceptors (Lipinski definition) is 3. The van der Waals surface area contributed by atoms with Crippen molar-refractivity contribution >= 4 is 5.91 Å². The third kappa shape index (κ3) is 6.78. The molecule has 1 heterocycles. The molecule has 0 saturated carbocycles. The van der Waals surface area contributed by atoms with E-state index in [2.05, 4.69) is 40.6 Å². The van der Waals surface area contributed by atoms with Crippen LogP contribution in [0.4, 0.5) is 0 Å². The van der Waals surface area contributed by atoms with Crippen molar-refractivity contribution in [2.24, 2.45) is 0 Å².